The van der Waals surface area contributed by atoms with E-state index in [2.05, 4.69) is 28.9 Å². The van der Waals surface area contributed by atoms with Crippen molar-refractivity contribution in [3.05, 3.63) is 11.7 Å². The Morgan fingerprint density at radius 3 is 2.29 bits per heavy atom. The monoisotopic (exact) mass is 197 g/mol. The van der Waals surface area contributed by atoms with Gasteiger partial charge < -0.3 is 4.52 Å². The molecule has 0 N–H and O–H groups in total. The summed E-state index contributed by atoms with van der Waals surface area (Å²) < 4.78 is 5.08. The van der Waals surface area contributed by atoms with Crippen molar-refractivity contribution in [1.29, 1.82) is 0 Å². The minimum Gasteiger partial charge on any atom is -0.338 e. The lowest BCUT2D eigenvalue weighted by molar-refractivity contribution is 0.226. The molecule has 1 aromatic heterocycles. The average molecular weight is 197 g/mol. The van der Waals surface area contributed by atoms with E-state index in [1.54, 1.807) is 0 Å². The van der Waals surface area contributed by atoms with Gasteiger partial charge in [-0.2, -0.15) is 4.98 Å². The van der Waals surface area contributed by atoms with Crippen LogP contribution in [0.2, 0.25) is 0 Å². The highest BCUT2D eigenvalue weighted by molar-refractivity contribution is 4.82. The summed E-state index contributed by atoms with van der Waals surface area (Å²) in [4.78, 5) is 6.54. The molecule has 0 radical (unpaired) electrons. The van der Waals surface area contributed by atoms with Crippen LogP contribution in [-0.4, -0.2) is 28.1 Å². The zero-order chi connectivity index (χ0) is 10.4. The van der Waals surface area contributed by atoms with Crippen molar-refractivity contribution >= 4 is 0 Å². The molecule has 0 aliphatic rings. The average Bonchev–Trinajstić information content (AvgIpc) is 2.52. The van der Waals surface area contributed by atoms with Crippen LogP contribution in [0, 0.1) is 6.92 Å². The fraction of sp³-hybridized carbons (Fsp3) is 0.800. The van der Waals surface area contributed by atoms with Gasteiger partial charge in [-0.15, -0.1) is 0 Å². The van der Waals surface area contributed by atoms with E-state index in [-0.39, 0.29) is 0 Å². The van der Waals surface area contributed by atoms with Crippen molar-refractivity contribution in [2.75, 3.05) is 13.1 Å². The van der Waals surface area contributed by atoms with Crippen LogP contribution < -0.4 is 0 Å². The SMILES string of the molecule is CCCN(CCC)Cc1nc(C)no1. The summed E-state index contributed by atoms with van der Waals surface area (Å²) in [5.41, 5.74) is 0. The lowest BCUT2D eigenvalue weighted by Gasteiger charge is -2.18. The zero-order valence-electron chi connectivity index (χ0n) is 9.29. The van der Waals surface area contributed by atoms with E-state index in [1.807, 2.05) is 6.92 Å². The number of aromatic nitrogens is 2. The Balaban J connectivity index is 2.46. The summed E-state index contributed by atoms with van der Waals surface area (Å²) >= 11 is 0. The van der Waals surface area contributed by atoms with Gasteiger partial charge in [0.1, 0.15) is 0 Å². The van der Waals surface area contributed by atoms with E-state index in [9.17, 15) is 0 Å². The van der Waals surface area contributed by atoms with Crippen LogP contribution in [0.5, 0.6) is 0 Å². The Labute approximate surface area is 85.3 Å². The summed E-state index contributed by atoms with van der Waals surface area (Å²) in [7, 11) is 0. The van der Waals surface area contributed by atoms with E-state index in [4.69, 9.17) is 4.52 Å². The van der Waals surface area contributed by atoms with Crippen LogP contribution in [0.3, 0.4) is 0 Å². The summed E-state index contributed by atoms with van der Waals surface area (Å²) in [5.74, 6) is 1.44. The van der Waals surface area contributed by atoms with Gasteiger partial charge in [-0.25, -0.2) is 0 Å². The summed E-state index contributed by atoms with van der Waals surface area (Å²) in [6.07, 6.45) is 2.32. The van der Waals surface area contributed by atoms with Gasteiger partial charge in [0.05, 0.1) is 6.54 Å². The van der Waals surface area contributed by atoms with Crippen molar-refractivity contribution in [2.24, 2.45) is 0 Å². The maximum atomic E-state index is 5.08. The van der Waals surface area contributed by atoms with E-state index >= 15 is 0 Å². The molecular weight excluding hydrogens is 178 g/mol. The minimum absolute atomic E-state index is 0.716. The number of rotatable bonds is 6. The Kier molecular flexibility index (Phi) is 4.59. The van der Waals surface area contributed by atoms with E-state index in [0.717, 1.165) is 38.4 Å². The van der Waals surface area contributed by atoms with Crippen molar-refractivity contribution in [3.8, 4) is 0 Å². The normalized spacial score (nSPS) is 11.1. The second-order valence-electron chi connectivity index (χ2n) is 3.51. The van der Waals surface area contributed by atoms with Crippen LogP contribution >= 0.6 is 0 Å². The molecule has 1 rings (SSSR count). The third kappa shape index (κ3) is 3.46. The van der Waals surface area contributed by atoms with Gasteiger partial charge in [0, 0.05) is 0 Å². The Bertz CT molecular complexity index is 254. The zero-order valence-corrected chi connectivity index (χ0v) is 9.29. The first-order valence-corrected chi connectivity index (χ1v) is 5.27. The predicted molar refractivity (Wildman–Crippen MR) is 54.9 cm³/mol. The number of aryl methyl sites for hydroxylation is 1. The molecule has 1 aromatic rings. The summed E-state index contributed by atoms with van der Waals surface area (Å²) in [5, 5.41) is 3.78. The standard InChI is InChI=1S/C10H19N3O/c1-4-6-13(7-5-2)8-10-11-9(3)12-14-10/h4-8H2,1-3H3. The van der Waals surface area contributed by atoms with E-state index in [1.165, 1.54) is 0 Å². The molecule has 0 atom stereocenters. The highest BCUT2D eigenvalue weighted by Gasteiger charge is 2.08. The van der Waals surface area contributed by atoms with Crippen LogP contribution in [0.1, 0.15) is 38.4 Å². The quantitative estimate of drug-likeness (QED) is 0.699. The molecule has 0 saturated heterocycles. The first-order chi connectivity index (χ1) is 6.76. The molecule has 80 valence electrons. The number of hydrogen-bond acceptors (Lipinski definition) is 4. The van der Waals surface area contributed by atoms with Crippen molar-refractivity contribution in [3.63, 3.8) is 0 Å². The predicted octanol–water partition coefficient (Wildman–Crippen LogP) is 2.00. The molecule has 1 heterocycles. The van der Waals surface area contributed by atoms with Gasteiger partial charge in [0.25, 0.3) is 0 Å². The lowest BCUT2D eigenvalue weighted by atomic mass is 10.3. The molecule has 0 fully saturated rings. The molecule has 0 spiro atoms. The molecule has 14 heavy (non-hydrogen) atoms. The molecule has 4 nitrogen and oxygen atoms in total. The van der Waals surface area contributed by atoms with Gasteiger partial charge in [0.2, 0.25) is 5.89 Å². The second-order valence-corrected chi connectivity index (χ2v) is 3.51. The molecule has 4 heteroatoms. The maximum Gasteiger partial charge on any atom is 0.240 e. The lowest BCUT2D eigenvalue weighted by Crippen LogP contribution is -2.25. The smallest absolute Gasteiger partial charge is 0.240 e. The second kappa shape index (κ2) is 5.75. The van der Waals surface area contributed by atoms with Crippen molar-refractivity contribution < 1.29 is 4.52 Å². The minimum atomic E-state index is 0.716. The van der Waals surface area contributed by atoms with Gasteiger partial charge >= 0.3 is 0 Å². The molecule has 0 amide bonds. The Hall–Kier alpha value is -0.900. The maximum absolute atomic E-state index is 5.08. The highest BCUT2D eigenvalue weighted by Crippen LogP contribution is 2.03. The first-order valence-electron chi connectivity index (χ1n) is 5.27. The van der Waals surface area contributed by atoms with E-state index in [0.29, 0.717) is 5.82 Å². The molecule has 0 bridgehead atoms. The largest absolute Gasteiger partial charge is 0.338 e. The molecule has 0 aliphatic carbocycles. The van der Waals surface area contributed by atoms with Crippen LogP contribution in [0.4, 0.5) is 0 Å². The molecule has 0 aromatic carbocycles. The van der Waals surface area contributed by atoms with E-state index < -0.39 is 0 Å². The van der Waals surface area contributed by atoms with Gasteiger partial charge in [-0.05, 0) is 32.9 Å². The van der Waals surface area contributed by atoms with Crippen molar-refractivity contribution in [1.82, 2.24) is 15.0 Å². The molecule has 0 unspecified atom stereocenters. The third-order valence-electron chi connectivity index (χ3n) is 2.01. The first kappa shape index (κ1) is 11.2. The molecule has 0 aliphatic heterocycles. The fourth-order valence-corrected chi connectivity index (χ4v) is 1.50. The number of nitrogens with zero attached hydrogens (tertiary/aromatic N) is 3. The fourth-order valence-electron chi connectivity index (χ4n) is 1.50. The topological polar surface area (TPSA) is 42.2 Å². The Morgan fingerprint density at radius 2 is 1.86 bits per heavy atom. The van der Waals surface area contributed by atoms with Crippen LogP contribution in [-0.2, 0) is 6.54 Å². The van der Waals surface area contributed by atoms with Gasteiger partial charge in [0.15, 0.2) is 5.82 Å². The molecular formula is C10H19N3O. The molecule has 0 saturated carbocycles. The summed E-state index contributed by atoms with van der Waals surface area (Å²) in [6, 6.07) is 0. The van der Waals surface area contributed by atoms with Crippen LogP contribution in [0.25, 0.3) is 0 Å². The number of hydrogen-bond donors (Lipinski definition) is 0. The van der Waals surface area contributed by atoms with Gasteiger partial charge in [-0.3, -0.25) is 4.90 Å². The summed E-state index contributed by atoms with van der Waals surface area (Å²) in [6.45, 7) is 9.17. The highest BCUT2D eigenvalue weighted by atomic mass is 16.5. The Morgan fingerprint density at radius 1 is 1.21 bits per heavy atom. The van der Waals surface area contributed by atoms with Crippen molar-refractivity contribution in [2.45, 2.75) is 40.2 Å². The van der Waals surface area contributed by atoms with Crippen LogP contribution in [0.15, 0.2) is 4.52 Å². The third-order valence-corrected chi connectivity index (χ3v) is 2.01. The van der Waals surface area contributed by atoms with Gasteiger partial charge in [-0.1, -0.05) is 19.0 Å².